The molecule has 3 aromatic rings. The number of nitrogens with one attached hydrogen (secondary N) is 2. The van der Waals surface area contributed by atoms with Crippen molar-refractivity contribution in [3.8, 4) is 0 Å². The summed E-state index contributed by atoms with van der Waals surface area (Å²) in [7, 11) is 0. The Balaban J connectivity index is 1.47. The van der Waals surface area contributed by atoms with Crippen LogP contribution >= 0.6 is 11.6 Å². The number of carbonyl (C=O) groups is 1. The summed E-state index contributed by atoms with van der Waals surface area (Å²) in [6, 6.07) is 19.3. The molecular weight excluding hydrogens is 426 g/mol. The monoisotopic (exact) mass is 445 g/mol. The maximum absolute atomic E-state index is 12.6. The number of nitro groups is 1. The number of amides is 1. The van der Waals surface area contributed by atoms with E-state index in [4.69, 9.17) is 11.6 Å². The summed E-state index contributed by atoms with van der Waals surface area (Å²) in [5.41, 5.74) is 4.10. The molecular formula is C25H20ClN3O3. The van der Waals surface area contributed by atoms with Crippen LogP contribution in [-0.2, 0) is 0 Å². The number of non-ortho nitro benzene ring substituents is 1. The van der Waals surface area contributed by atoms with Crippen molar-refractivity contribution in [2.75, 3.05) is 10.6 Å². The van der Waals surface area contributed by atoms with Crippen LogP contribution in [0.5, 0.6) is 0 Å². The van der Waals surface area contributed by atoms with Gasteiger partial charge in [-0.15, -0.1) is 0 Å². The third-order valence-electron chi connectivity index (χ3n) is 6.18. The van der Waals surface area contributed by atoms with Crippen LogP contribution in [0.25, 0.3) is 0 Å². The predicted molar refractivity (Wildman–Crippen MR) is 125 cm³/mol. The Labute approximate surface area is 190 Å². The van der Waals surface area contributed by atoms with Gasteiger partial charge >= 0.3 is 0 Å². The highest BCUT2D eigenvalue weighted by molar-refractivity contribution is 6.31. The van der Waals surface area contributed by atoms with Gasteiger partial charge in [-0.1, -0.05) is 42.0 Å². The maximum atomic E-state index is 12.6. The van der Waals surface area contributed by atoms with Crippen molar-refractivity contribution in [1.82, 2.24) is 0 Å². The second-order valence-electron chi connectivity index (χ2n) is 8.06. The van der Waals surface area contributed by atoms with Crippen molar-refractivity contribution < 1.29 is 9.72 Å². The van der Waals surface area contributed by atoms with E-state index in [1.807, 2.05) is 36.4 Å². The summed E-state index contributed by atoms with van der Waals surface area (Å²) in [4.78, 5) is 23.5. The van der Waals surface area contributed by atoms with Crippen LogP contribution in [0.3, 0.4) is 0 Å². The zero-order valence-corrected chi connectivity index (χ0v) is 17.8. The number of nitro benzene ring substituents is 1. The summed E-state index contributed by atoms with van der Waals surface area (Å²) in [6.45, 7) is 0. The van der Waals surface area contributed by atoms with E-state index in [-0.39, 0.29) is 29.5 Å². The molecule has 0 saturated heterocycles. The third-order valence-corrected chi connectivity index (χ3v) is 6.53. The minimum absolute atomic E-state index is 0.0264. The molecule has 7 heteroatoms. The molecule has 0 fully saturated rings. The molecule has 0 spiro atoms. The van der Waals surface area contributed by atoms with Crippen molar-refractivity contribution in [2.45, 2.75) is 18.4 Å². The molecule has 3 unspecified atom stereocenters. The molecule has 2 N–H and O–H groups in total. The fraction of sp³-hybridized carbons (Fsp3) is 0.160. The minimum Gasteiger partial charge on any atom is -0.378 e. The molecule has 1 aliphatic heterocycles. The van der Waals surface area contributed by atoms with Crippen molar-refractivity contribution in [3.63, 3.8) is 0 Å². The Bertz CT molecular complexity index is 1240. The summed E-state index contributed by atoms with van der Waals surface area (Å²) in [5.74, 6) is 0.135. The zero-order valence-electron chi connectivity index (χ0n) is 17.0. The molecule has 1 amide bonds. The molecule has 160 valence electrons. The smallest absolute Gasteiger partial charge is 0.269 e. The number of benzene rings is 3. The first-order chi connectivity index (χ1) is 15.5. The molecule has 6 nitrogen and oxygen atoms in total. The van der Waals surface area contributed by atoms with Crippen molar-refractivity contribution in [3.05, 3.63) is 111 Å². The van der Waals surface area contributed by atoms with Crippen LogP contribution in [0.15, 0.2) is 78.9 Å². The van der Waals surface area contributed by atoms with E-state index in [0.29, 0.717) is 10.6 Å². The van der Waals surface area contributed by atoms with Crippen LogP contribution in [0.1, 0.15) is 39.9 Å². The Morgan fingerprint density at radius 3 is 2.66 bits per heavy atom. The molecule has 32 heavy (non-hydrogen) atoms. The van der Waals surface area contributed by atoms with Crippen LogP contribution in [-0.4, -0.2) is 10.8 Å². The standard InChI is InChI=1S/C25H20ClN3O3/c26-22-11-10-17(29(31)32)14-21(22)24-19-8-4-7-18(19)20-13-16(9-12-23(20)28-24)27-25(30)15-5-2-1-3-6-15/h1-7,9-14,18-19,24,28H,8H2,(H,27,30). The molecule has 1 heterocycles. The average molecular weight is 446 g/mol. The van der Waals surface area contributed by atoms with Crippen LogP contribution < -0.4 is 10.6 Å². The van der Waals surface area contributed by atoms with Crippen molar-refractivity contribution >= 4 is 34.6 Å². The Morgan fingerprint density at radius 2 is 1.88 bits per heavy atom. The average Bonchev–Trinajstić information content (AvgIpc) is 3.30. The maximum Gasteiger partial charge on any atom is 0.269 e. The van der Waals surface area contributed by atoms with Crippen LogP contribution in [0, 0.1) is 16.0 Å². The quantitative estimate of drug-likeness (QED) is 0.279. The number of nitrogens with zero attached hydrogens (tertiary/aromatic N) is 1. The lowest BCUT2D eigenvalue weighted by Gasteiger charge is -2.38. The number of hydrogen-bond donors (Lipinski definition) is 2. The fourth-order valence-corrected chi connectivity index (χ4v) is 4.89. The molecule has 2 aliphatic rings. The topological polar surface area (TPSA) is 84.3 Å². The molecule has 3 aromatic carbocycles. The van der Waals surface area contributed by atoms with Gasteiger partial charge in [-0.3, -0.25) is 14.9 Å². The van der Waals surface area contributed by atoms with Gasteiger partial charge in [0, 0.05) is 45.6 Å². The number of halogens is 1. The molecule has 5 rings (SSSR count). The van der Waals surface area contributed by atoms with E-state index >= 15 is 0 Å². The number of carbonyl (C=O) groups excluding carboxylic acids is 1. The molecule has 3 atom stereocenters. The van der Waals surface area contributed by atoms with Gasteiger partial charge in [-0.2, -0.15) is 0 Å². The van der Waals surface area contributed by atoms with Crippen LogP contribution in [0.4, 0.5) is 17.1 Å². The summed E-state index contributed by atoms with van der Waals surface area (Å²) in [5, 5.41) is 18.3. The van der Waals surface area contributed by atoms with Crippen LogP contribution in [0.2, 0.25) is 5.02 Å². The van der Waals surface area contributed by atoms with Gasteiger partial charge in [0.1, 0.15) is 0 Å². The Kier molecular flexibility index (Phi) is 5.15. The largest absolute Gasteiger partial charge is 0.378 e. The second-order valence-corrected chi connectivity index (χ2v) is 8.47. The van der Waals surface area contributed by atoms with E-state index in [9.17, 15) is 14.9 Å². The number of fused-ring (bicyclic) bond motifs is 3. The molecule has 0 radical (unpaired) electrons. The Hall–Kier alpha value is -3.64. The van der Waals surface area contributed by atoms with Crippen molar-refractivity contribution in [2.24, 2.45) is 5.92 Å². The molecule has 0 aromatic heterocycles. The predicted octanol–water partition coefficient (Wildman–Crippen LogP) is 6.33. The molecule has 1 aliphatic carbocycles. The zero-order chi connectivity index (χ0) is 22.2. The van der Waals surface area contributed by atoms with Gasteiger partial charge in [0.2, 0.25) is 0 Å². The van der Waals surface area contributed by atoms with Gasteiger partial charge in [-0.05, 0) is 54.3 Å². The number of anilines is 2. The SMILES string of the molecule is O=C(Nc1ccc2c(c1)C1C=CCC1C(c1cc([N+](=O)[O-])ccc1Cl)N2)c1ccccc1. The fourth-order valence-electron chi connectivity index (χ4n) is 4.66. The lowest BCUT2D eigenvalue weighted by atomic mass is 9.77. The number of allylic oxidation sites excluding steroid dienone is 2. The number of hydrogen-bond acceptors (Lipinski definition) is 4. The van der Waals surface area contributed by atoms with Gasteiger partial charge in [-0.25, -0.2) is 0 Å². The first kappa shape index (κ1) is 20.3. The first-order valence-electron chi connectivity index (χ1n) is 10.4. The van der Waals surface area contributed by atoms with E-state index in [0.717, 1.165) is 28.9 Å². The third kappa shape index (κ3) is 3.63. The van der Waals surface area contributed by atoms with Crippen molar-refractivity contribution in [1.29, 1.82) is 0 Å². The van der Waals surface area contributed by atoms with Gasteiger partial charge < -0.3 is 10.6 Å². The van der Waals surface area contributed by atoms with E-state index < -0.39 is 4.92 Å². The summed E-state index contributed by atoms with van der Waals surface area (Å²) < 4.78 is 0. The normalized spacial score (nSPS) is 20.7. The van der Waals surface area contributed by atoms with E-state index in [1.165, 1.54) is 6.07 Å². The van der Waals surface area contributed by atoms with E-state index in [2.05, 4.69) is 22.8 Å². The molecule has 0 bridgehead atoms. The van der Waals surface area contributed by atoms with Gasteiger partial charge in [0.15, 0.2) is 0 Å². The lowest BCUT2D eigenvalue weighted by molar-refractivity contribution is -0.384. The van der Waals surface area contributed by atoms with E-state index in [1.54, 1.807) is 24.3 Å². The lowest BCUT2D eigenvalue weighted by Crippen LogP contribution is -2.29. The highest BCUT2D eigenvalue weighted by Gasteiger charge is 2.39. The molecule has 0 saturated carbocycles. The Morgan fingerprint density at radius 1 is 1.06 bits per heavy atom. The first-order valence-corrected chi connectivity index (χ1v) is 10.8. The van der Waals surface area contributed by atoms with Gasteiger partial charge in [0.05, 0.1) is 11.0 Å². The second kappa shape index (κ2) is 8.13. The summed E-state index contributed by atoms with van der Waals surface area (Å²) in [6.07, 6.45) is 5.15. The highest BCUT2D eigenvalue weighted by Crippen LogP contribution is 2.51. The minimum atomic E-state index is -0.400. The highest BCUT2D eigenvalue weighted by atomic mass is 35.5. The number of rotatable bonds is 4. The summed E-state index contributed by atoms with van der Waals surface area (Å²) >= 11 is 6.46. The van der Waals surface area contributed by atoms with Gasteiger partial charge in [0.25, 0.3) is 11.6 Å².